The molecule has 2 saturated carbocycles. The molecule has 9 atom stereocenters. The van der Waals surface area contributed by atoms with Crippen LogP contribution >= 0.6 is 0 Å². The third-order valence-corrected chi connectivity index (χ3v) is 10.1. The van der Waals surface area contributed by atoms with E-state index in [0.29, 0.717) is 12.8 Å². The Hall–Kier alpha value is -4.02. The highest BCUT2D eigenvalue weighted by molar-refractivity contribution is 6.02. The Morgan fingerprint density at radius 3 is 2.55 bits per heavy atom. The summed E-state index contributed by atoms with van der Waals surface area (Å²) in [7, 11) is 1.17. The molecular weight excluding hydrogens is 583 g/mol. The molecule has 4 fully saturated rings. The maximum absolute atomic E-state index is 15.2. The molecule has 11 nitrogen and oxygen atoms in total. The fourth-order valence-corrected chi connectivity index (χ4v) is 8.09. The smallest absolute Gasteiger partial charge is 0.407 e. The van der Waals surface area contributed by atoms with Crippen molar-refractivity contribution in [3.8, 4) is 11.8 Å². The molecule has 1 unspecified atom stereocenters. The predicted molar refractivity (Wildman–Crippen MR) is 146 cm³/mol. The average molecular weight is 618 g/mol. The molecule has 1 spiro atoms. The molecule has 1 aromatic carbocycles. The SMILES string of the molecule is COC(=O)N[C@H](C(=O)N1CC2[C@H]3C[C@@H]([C@@H]2[C@H]1C(=O)N1C[C@@]2(C[C@H]1C#N)Oc1c(F)ccc(F)c1NC2=O)[C@H](F)C3)C(C)(C)C. The third kappa shape index (κ3) is 4.45. The van der Waals surface area contributed by atoms with Crippen LogP contribution < -0.4 is 15.4 Å². The molecule has 2 saturated heterocycles. The van der Waals surface area contributed by atoms with Crippen molar-refractivity contribution in [1.82, 2.24) is 15.1 Å². The Morgan fingerprint density at radius 1 is 1.18 bits per heavy atom. The number of anilines is 1. The largest absolute Gasteiger partial charge is 0.470 e. The van der Waals surface area contributed by atoms with Crippen molar-refractivity contribution in [2.45, 2.75) is 69.9 Å². The highest BCUT2D eigenvalue weighted by atomic mass is 19.1. The molecule has 236 valence electrons. The molecule has 4 amide bonds. The zero-order valence-corrected chi connectivity index (χ0v) is 24.7. The summed E-state index contributed by atoms with van der Waals surface area (Å²) in [6.45, 7) is 4.92. The summed E-state index contributed by atoms with van der Waals surface area (Å²) in [5, 5.41) is 15.0. The van der Waals surface area contributed by atoms with Gasteiger partial charge < -0.3 is 29.9 Å². The minimum atomic E-state index is -1.90. The summed E-state index contributed by atoms with van der Waals surface area (Å²) in [6.07, 6.45) is -1.42. The van der Waals surface area contributed by atoms with Gasteiger partial charge in [0, 0.05) is 13.0 Å². The number of alkyl carbamates (subject to hydrolysis) is 1. The molecule has 0 aromatic heterocycles. The van der Waals surface area contributed by atoms with E-state index in [2.05, 4.69) is 10.6 Å². The lowest BCUT2D eigenvalue weighted by atomic mass is 9.77. The van der Waals surface area contributed by atoms with E-state index in [1.165, 1.54) is 12.0 Å². The lowest BCUT2D eigenvalue weighted by Gasteiger charge is -2.38. The molecule has 2 N–H and O–H groups in total. The van der Waals surface area contributed by atoms with E-state index in [1.807, 2.05) is 6.07 Å². The maximum atomic E-state index is 15.2. The quantitative estimate of drug-likeness (QED) is 0.532. The number of likely N-dealkylation sites (tertiary alicyclic amines) is 2. The number of ether oxygens (including phenoxy) is 2. The van der Waals surface area contributed by atoms with Crippen LogP contribution in [0, 0.1) is 52.1 Å². The first-order valence-corrected chi connectivity index (χ1v) is 14.7. The van der Waals surface area contributed by atoms with Crippen molar-refractivity contribution in [1.29, 1.82) is 5.26 Å². The lowest BCUT2D eigenvalue weighted by Crippen LogP contribution is -2.60. The topological polar surface area (TPSA) is 141 Å². The van der Waals surface area contributed by atoms with Gasteiger partial charge in [0.1, 0.15) is 30.0 Å². The molecule has 14 heteroatoms. The Labute approximate surface area is 252 Å². The number of benzene rings is 1. The molecule has 44 heavy (non-hydrogen) atoms. The number of fused-ring (bicyclic) bond motifs is 6. The Kier molecular flexibility index (Phi) is 7.01. The van der Waals surface area contributed by atoms with Crippen molar-refractivity contribution in [3.63, 3.8) is 0 Å². The summed E-state index contributed by atoms with van der Waals surface area (Å²) in [6, 6.07) is 0.214. The molecule has 3 aliphatic heterocycles. The summed E-state index contributed by atoms with van der Waals surface area (Å²) >= 11 is 0. The standard InChI is InChI=1S/C30H34F3N5O6/c1-29(2,3)24(36-28(42)43-4)26(40)37-11-16-13-7-15(19(33)8-13)20(16)22(37)25(39)38-12-30(9-14(38)10-34)27(41)35-21-17(31)5-6-18(32)23(21)44-30/h5-6,13-16,19-20,22,24H,7-9,11-12H2,1-4H3,(H,35,41)(H,36,42)/t13-,14-,15+,16?,19+,20-,22-,24+,30+/m0/s1. The monoisotopic (exact) mass is 617 g/mol. The minimum absolute atomic E-state index is 0.0340. The van der Waals surface area contributed by atoms with Crippen LogP contribution in [0.15, 0.2) is 12.1 Å². The zero-order valence-electron chi connectivity index (χ0n) is 24.7. The number of rotatable bonds is 3. The van der Waals surface area contributed by atoms with E-state index >= 15 is 4.39 Å². The number of carbonyl (C=O) groups excluding carboxylic acids is 4. The van der Waals surface area contributed by atoms with Gasteiger partial charge in [-0.25, -0.2) is 18.0 Å². The number of nitriles is 1. The molecule has 6 rings (SSSR count). The number of hydrogen-bond donors (Lipinski definition) is 2. The van der Waals surface area contributed by atoms with Gasteiger partial charge in [-0.3, -0.25) is 14.4 Å². The van der Waals surface area contributed by atoms with E-state index in [0.717, 1.165) is 17.0 Å². The summed E-state index contributed by atoms with van der Waals surface area (Å²) < 4.78 is 54.7. The van der Waals surface area contributed by atoms with Gasteiger partial charge in [0.25, 0.3) is 5.91 Å². The molecule has 2 bridgehead atoms. The van der Waals surface area contributed by atoms with Crippen molar-refractivity contribution in [2.24, 2.45) is 29.1 Å². The van der Waals surface area contributed by atoms with Gasteiger partial charge >= 0.3 is 6.09 Å². The van der Waals surface area contributed by atoms with Gasteiger partial charge in [-0.2, -0.15) is 5.26 Å². The first kappa shape index (κ1) is 30.0. The van der Waals surface area contributed by atoms with E-state index in [9.17, 15) is 33.2 Å². The summed E-state index contributed by atoms with van der Waals surface area (Å²) in [5.41, 5.74) is -3.18. The highest BCUT2D eigenvalue weighted by Gasteiger charge is 2.65. The number of methoxy groups -OCH3 is 1. The van der Waals surface area contributed by atoms with Crippen molar-refractivity contribution < 1.29 is 41.8 Å². The second kappa shape index (κ2) is 10.3. The highest BCUT2D eigenvalue weighted by Crippen LogP contribution is 2.59. The fraction of sp³-hybridized carbons (Fsp3) is 0.633. The van der Waals surface area contributed by atoms with Crippen LogP contribution in [0.2, 0.25) is 0 Å². The van der Waals surface area contributed by atoms with Gasteiger partial charge in [-0.15, -0.1) is 0 Å². The van der Waals surface area contributed by atoms with E-state index in [-0.39, 0.29) is 24.8 Å². The van der Waals surface area contributed by atoms with E-state index in [1.54, 1.807) is 20.8 Å². The van der Waals surface area contributed by atoms with Crippen LogP contribution in [0.5, 0.6) is 5.75 Å². The molecule has 5 aliphatic rings. The average Bonchev–Trinajstić information content (AvgIpc) is 3.73. The first-order chi connectivity index (χ1) is 20.7. The second-order valence-corrected chi connectivity index (χ2v) is 13.6. The van der Waals surface area contributed by atoms with Crippen LogP contribution in [-0.2, 0) is 19.1 Å². The number of nitrogens with zero attached hydrogens (tertiary/aromatic N) is 3. The van der Waals surface area contributed by atoms with Crippen LogP contribution in [-0.4, -0.2) is 83.7 Å². The van der Waals surface area contributed by atoms with Crippen LogP contribution in [0.3, 0.4) is 0 Å². The van der Waals surface area contributed by atoms with Crippen molar-refractivity contribution in [2.75, 3.05) is 25.5 Å². The number of alkyl halides is 1. The molecule has 3 heterocycles. The molecule has 1 aromatic rings. The number of carbonyl (C=O) groups is 4. The zero-order chi connectivity index (χ0) is 31.9. The summed E-state index contributed by atoms with van der Waals surface area (Å²) in [5.74, 6) is -5.66. The maximum Gasteiger partial charge on any atom is 0.407 e. The van der Waals surface area contributed by atoms with Gasteiger partial charge in [-0.1, -0.05) is 20.8 Å². The van der Waals surface area contributed by atoms with Crippen LogP contribution in [0.4, 0.5) is 23.7 Å². The third-order valence-electron chi connectivity index (χ3n) is 10.1. The fourth-order valence-electron chi connectivity index (χ4n) is 8.09. The molecular formula is C30H34F3N5O6. The Balaban J connectivity index is 1.35. The van der Waals surface area contributed by atoms with Gasteiger partial charge in [0.2, 0.25) is 17.4 Å². The first-order valence-electron chi connectivity index (χ1n) is 14.7. The number of nitrogens with one attached hydrogen (secondary N) is 2. The van der Waals surface area contributed by atoms with Gasteiger partial charge in [0.05, 0.1) is 19.7 Å². The van der Waals surface area contributed by atoms with E-state index in [4.69, 9.17) is 9.47 Å². The normalized spacial score (nSPS) is 34.1. The molecule has 0 radical (unpaired) electrons. The van der Waals surface area contributed by atoms with Crippen LogP contribution in [0.1, 0.15) is 40.0 Å². The molecule has 2 aliphatic carbocycles. The summed E-state index contributed by atoms with van der Waals surface area (Å²) in [4.78, 5) is 56.7. The minimum Gasteiger partial charge on any atom is -0.470 e. The Morgan fingerprint density at radius 2 is 1.89 bits per heavy atom. The van der Waals surface area contributed by atoms with Crippen LogP contribution in [0.25, 0.3) is 0 Å². The Bertz CT molecular complexity index is 1480. The number of hydrogen-bond acceptors (Lipinski definition) is 7. The lowest BCUT2D eigenvalue weighted by molar-refractivity contribution is -0.149. The van der Waals surface area contributed by atoms with Crippen molar-refractivity contribution >= 4 is 29.5 Å². The number of amides is 4. The van der Waals surface area contributed by atoms with Crippen molar-refractivity contribution in [3.05, 3.63) is 23.8 Å². The number of halogens is 3. The second-order valence-electron chi connectivity index (χ2n) is 13.6. The van der Waals surface area contributed by atoms with E-state index < -0.39 is 101 Å². The van der Waals surface area contributed by atoms with Gasteiger partial charge in [0.15, 0.2) is 17.4 Å². The predicted octanol–water partition coefficient (Wildman–Crippen LogP) is 2.75. The van der Waals surface area contributed by atoms with Gasteiger partial charge in [-0.05, 0) is 54.1 Å².